The van der Waals surface area contributed by atoms with E-state index in [9.17, 15) is 4.79 Å². The molecule has 1 aromatic rings. The molecule has 2 N–H and O–H groups in total. The Bertz CT molecular complexity index is 469. The molecule has 2 atom stereocenters. The third-order valence-electron chi connectivity index (χ3n) is 4.25. The van der Waals surface area contributed by atoms with Crippen LogP contribution in [-0.2, 0) is 16.0 Å². The van der Waals surface area contributed by atoms with Crippen molar-refractivity contribution in [3.63, 3.8) is 0 Å². The van der Waals surface area contributed by atoms with Crippen molar-refractivity contribution >= 4 is 5.91 Å². The highest BCUT2D eigenvalue weighted by Gasteiger charge is 2.24. The predicted molar refractivity (Wildman–Crippen MR) is 77.7 cm³/mol. The van der Waals surface area contributed by atoms with Crippen LogP contribution in [0, 0.1) is 0 Å². The van der Waals surface area contributed by atoms with Gasteiger partial charge in [0.05, 0.1) is 13.2 Å². The molecule has 1 aromatic carbocycles. The van der Waals surface area contributed by atoms with Crippen molar-refractivity contribution < 1.29 is 9.53 Å². The van der Waals surface area contributed by atoms with Gasteiger partial charge in [0.2, 0.25) is 5.91 Å². The van der Waals surface area contributed by atoms with Gasteiger partial charge in [-0.25, -0.2) is 0 Å². The summed E-state index contributed by atoms with van der Waals surface area (Å²) in [6, 6.07) is 8.41. The fourth-order valence-electron chi connectivity index (χ4n) is 3.15. The third kappa shape index (κ3) is 3.02. The van der Waals surface area contributed by atoms with Crippen LogP contribution < -0.4 is 10.6 Å². The molecule has 2 unspecified atom stereocenters. The molecule has 1 fully saturated rings. The second-order valence-electron chi connectivity index (χ2n) is 5.61. The molecule has 1 saturated heterocycles. The van der Waals surface area contributed by atoms with Gasteiger partial charge in [-0.1, -0.05) is 24.3 Å². The Morgan fingerprint density at radius 2 is 2.30 bits per heavy atom. The maximum atomic E-state index is 12.1. The molecule has 20 heavy (non-hydrogen) atoms. The average Bonchev–Trinajstić information content (AvgIpc) is 2.53. The molecule has 1 aliphatic heterocycles. The number of hydrogen-bond donors (Lipinski definition) is 2. The lowest BCUT2D eigenvalue weighted by Crippen LogP contribution is -2.51. The monoisotopic (exact) mass is 274 g/mol. The Labute approximate surface area is 119 Å². The lowest BCUT2D eigenvalue weighted by Gasteiger charge is -2.27. The van der Waals surface area contributed by atoms with E-state index in [-0.39, 0.29) is 11.9 Å². The highest BCUT2D eigenvalue weighted by molar-refractivity contribution is 5.82. The van der Waals surface area contributed by atoms with Crippen LogP contribution in [0.5, 0.6) is 0 Å². The van der Waals surface area contributed by atoms with Crippen molar-refractivity contribution in [1.29, 1.82) is 0 Å². The van der Waals surface area contributed by atoms with Crippen molar-refractivity contribution in [2.24, 2.45) is 0 Å². The first-order chi connectivity index (χ1) is 9.84. The minimum Gasteiger partial charge on any atom is -0.378 e. The molecule has 4 nitrogen and oxygen atoms in total. The quantitative estimate of drug-likeness (QED) is 0.871. The number of amides is 1. The summed E-state index contributed by atoms with van der Waals surface area (Å²) in [5.74, 6) is 0.515. The van der Waals surface area contributed by atoms with Crippen molar-refractivity contribution in [3.8, 4) is 0 Å². The van der Waals surface area contributed by atoms with E-state index in [1.807, 2.05) is 0 Å². The molecular weight excluding hydrogens is 252 g/mol. The number of aryl methyl sites for hydroxylation is 1. The first-order valence-corrected chi connectivity index (χ1v) is 7.51. The van der Waals surface area contributed by atoms with Gasteiger partial charge in [0.25, 0.3) is 0 Å². The number of benzene rings is 1. The molecule has 0 saturated carbocycles. The lowest BCUT2D eigenvalue weighted by molar-refractivity contribution is -0.125. The smallest absolute Gasteiger partial charge is 0.239 e. The number of carbonyl (C=O) groups is 1. The number of rotatable bonds is 3. The molecular formula is C16H22N2O2. The van der Waals surface area contributed by atoms with Gasteiger partial charge >= 0.3 is 0 Å². The molecule has 0 radical (unpaired) electrons. The fourth-order valence-corrected chi connectivity index (χ4v) is 3.15. The maximum absolute atomic E-state index is 12.1. The summed E-state index contributed by atoms with van der Waals surface area (Å²) in [7, 11) is 0. The van der Waals surface area contributed by atoms with E-state index >= 15 is 0 Å². The molecule has 1 aliphatic carbocycles. The highest BCUT2D eigenvalue weighted by atomic mass is 16.5. The minimum absolute atomic E-state index is 0.0627. The summed E-state index contributed by atoms with van der Waals surface area (Å²) in [5.41, 5.74) is 2.85. The molecule has 3 rings (SSSR count). The zero-order valence-electron chi connectivity index (χ0n) is 11.7. The lowest BCUT2D eigenvalue weighted by atomic mass is 9.83. The highest BCUT2D eigenvalue weighted by Crippen LogP contribution is 2.30. The van der Waals surface area contributed by atoms with Crippen molar-refractivity contribution in [1.82, 2.24) is 10.6 Å². The Kier molecular flexibility index (Phi) is 4.33. The first-order valence-electron chi connectivity index (χ1n) is 7.51. The number of carbonyl (C=O) groups excluding carboxylic acids is 1. The van der Waals surface area contributed by atoms with Crippen LogP contribution in [0.1, 0.15) is 29.9 Å². The summed E-state index contributed by atoms with van der Waals surface area (Å²) in [6.45, 7) is 2.66. The summed E-state index contributed by atoms with van der Waals surface area (Å²) < 4.78 is 5.33. The van der Waals surface area contributed by atoms with Gasteiger partial charge in [-0.15, -0.1) is 0 Å². The van der Waals surface area contributed by atoms with E-state index in [0.717, 1.165) is 19.5 Å². The van der Waals surface area contributed by atoms with Gasteiger partial charge in [-0.3, -0.25) is 4.79 Å². The van der Waals surface area contributed by atoms with Crippen molar-refractivity contribution in [2.75, 3.05) is 26.3 Å². The third-order valence-corrected chi connectivity index (χ3v) is 4.25. The van der Waals surface area contributed by atoms with Crippen molar-refractivity contribution in [3.05, 3.63) is 35.4 Å². The summed E-state index contributed by atoms with van der Waals surface area (Å²) in [5, 5.41) is 6.27. The Morgan fingerprint density at radius 3 is 3.15 bits per heavy atom. The van der Waals surface area contributed by atoms with Crippen LogP contribution in [0.25, 0.3) is 0 Å². The van der Waals surface area contributed by atoms with E-state index in [4.69, 9.17) is 4.74 Å². The largest absolute Gasteiger partial charge is 0.378 e. The van der Waals surface area contributed by atoms with E-state index in [1.54, 1.807) is 0 Å². The Hall–Kier alpha value is -1.39. The zero-order chi connectivity index (χ0) is 13.8. The second-order valence-corrected chi connectivity index (χ2v) is 5.61. The van der Waals surface area contributed by atoms with Gasteiger partial charge in [0.1, 0.15) is 6.04 Å². The standard InChI is InChI=1S/C16H22N2O2/c19-16(15-11-20-9-8-17-15)18-10-13-6-3-5-12-4-1-2-7-14(12)13/h1-2,4,7,13,15,17H,3,5-6,8-11H2,(H,18,19). The maximum Gasteiger partial charge on any atom is 0.239 e. The van der Waals surface area contributed by atoms with Crippen LogP contribution in [0.15, 0.2) is 24.3 Å². The average molecular weight is 274 g/mol. The fraction of sp³-hybridized carbons (Fsp3) is 0.562. The summed E-state index contributed by atoms with van der Waals surface area (Å²) >= 11 is 0. The number of ether oxygens (including phenoxy) is 1. The molecule has 1 heterocycles. The Morgan fingerprint density at radius 1 is 1.40 bits per heavy atom. The molecule has 4 heteroatoms. The number of morpholine rings is 1. The molecule has 0 spiro atoms. The number of fused-ring (bicyclic) bond motifs is 1. The van der Waals surface area contributed by atoms with Gasteiger partial charge in [-0.2, -0.15) is 0 Å². The van der Waals surface area contributed by atoms with E-state index in [0.29, 0.717) is 19.1 Å². The molecule has 0 bridgehead atoms. The summed E-state index contributed by atoms with van der Waals surface area (Å²) in [4.78, 5) is 12.1. The SMILES string of the molecule is O=C(NCC1CCCc2ccccc21)C1COCCN1. The van der Waals surface area contributed by atoms with Crippen LogP contribution in [0.3, 0.4) is 0 Å². The summed E-state index contributed by atoms with van der Waals surface area (Å²) in [6.07, 6.45) is 3.53. The van der Waals surface area contributed by atoms with E-state index < -0.39 is 0 Å². The molecule has 1 amide bonds. The van der Waals surface area contributed by atoms with Crippen LogP contribution in [-0.4, -0.2) is 38.3 Å². The van der Waals surface area contributed by atoms with E-state index in [1.165, 1.54) is 24.0 Å². The number of hydrogen-bond acceptors (Lipinski definition) is 3. The predicted octanol–water partition coefficient (Wildman–Crippen LogP) is 1.21. The van der Waals surface area contributed by atoms with Crippen LogP contribution >= 0.6 is 0 Å². The normalized spacial score (nSPS) is 25.8. The van der Waals surface area contributed by atoms with Gasteiger partial charge in [0.15, 0.2) is 0 Å². The van der Waals surface area contributed by atoms with Crippen molar-refractivity contribution in [2.45, 2.75) is 31.2 Å². The molecule has 0 aromatic heterocycles. The van der Waals surface area contributed by atoms with Gasteiger partial charge in [-0.05, 0) is 30.4 Å². The topological polar surface area (TPSA) is 50.4 Å². The minimum atomic E-state index is -0.192. The van der Waals surface area contributed by atoms with Gasteiger partial charge < -0.3 is 15.4 Å². The van der Waals surface area contributed by atoms with Crippen LogP contribution in [0.2, 0.25) is 0 Å². The van der Waals surface area contributed by atoms with Crippen LogP contribution in [0.4, 0.5) is 0 Å². The van der Waals surface area contributed by atoms with E-state index in [2.05, 4.69) is 34.9 Å². The molecule has 108 valence electrons. The Balaban J connectivity index is 1.57. The molecule has 2 aliphatic rings. The second kappa shape index (κ2) is 6.37. The number of nitrogens with one attached hydrogen (secondary N) is 2. The van der Waals surface area contributed by atoms with Gasteiger partial charge in [0, 0.05) is 19.0 Å². The first kappa shape index (κ1) is 13.6. The zero-order valence-corrected chi connectivity index (χ0v) is 11.7.